The molecule has 1 N–H and O–H groups in total. The second-order valence-corrected chi connectivity index (χ2v) is 6.79. The van der Waals surface area contributed by atoms with Gasteiger partial charge in [-0.1, -0.05) is 28.9 Å². The predicted molar refractivity (Wildman–Crippen MR) is 92.9 cm³/mol. The molecule has 0 aliphatic carbocycles. The molecule has 5 heteroatoms. The number of likely N-dealkylation sites (tertiary alicyclic amines) is 1. The van der Waals surface area contributed by atoms with Crippen molar-refractivity contribution in [3.8, 4) is 0 Å². The van der Waals surface area contributed by atoms with Gasteiger partial charge in [0.05, 0.1) is 0 Å². The Balaban J connectivity index is 1.60. The number of aromatic nitrogens is 1. The molecule has 118 valence electrons. The molecule has 1 aromatic carbocycles. The van der Waals surface area contributed by atoms with Gasteiger partial charge in [-0.25, -0.2) is 0 Å². The van der Waals surface area contributed by atoms with E-state index in [4.69, 9.17) is 0 Å². The minimum atomic E-state index is 0.0837. The molecule has 1 fully saturated rings. The van der Waals surface area contributed by atoms with Crippen molar-refractivity contribution in [2.24, 2.45) is 0 Å². The van der Waals surface area contributed by atoms with Crippen LogP contribution in [0, 0.1) is 0 Å². The van der Waals surface area contributed by atoms with Crippen LogP contribution < -0.4 is 5.32 Å². The van der Waals surface area contributed by atoms with Crippen LogP contribution in [0.5, 0.6) is 0 Å². The van der Waals surface area contributed by atoms with E-state index in [2.05, 4.69) is 45.2 Å². The first-order valence-electron chi connectivity index (χ1n) is 7.92. The molecular weight excluding hydrogens is 342 g/mol. The highest BCUT2D eigenvalue weighted by molar-refractivity contribution is 9.10. The number of fused-ring (bicyclic) bond motifs is 1. The molecule has 1 aromatic heterocycles. The highest BCUT2D eigenvalue weighted by Gasteiger charge is 2.23. The molecule has 0 radical (unpaired) electrons. The van der Waals surface area contributed by atoms with Gasteiger partial charge < -0.3 is 9.88 Å². The Morgan fingerprint density at radius 3 is 3.09 bits per heavy atom. The van der Waals surface area contributed by atoms with Crippen LogP contribution in [-0.2, 0) is 11.3 Å². The summed E-state index contributed by atoms with van der Waals surface area (Å²) >= 11 is 3.49. The van der Waals surface area contributed by atoms with Crippen molar-refractivity contribution in [2.45, 2.75) is 32.4 Å². The fraction of sp³-hybridized carbons (Fsp3) is 0.471. The van der Waals surface area contributed by atoms with E-state index in [-0.39, 0.29) is 5.91 Å². The van der Waals surface area contributed by atoms with E-state index in [9.17, 15) is 4.79 Å². The molecule has 1 aliphatic heterocycles. The van der Waals surface area contributed by atoms with Gasteiger partial charge in [0.25, 0.3) is 0 Å². The molecular formula is C17H22BrN3O. The summed E-state index contributed by atoms with van der Waals surface area (Å²) < 4.78 is 3.03. The molecule has 1 atom stereocenters. The normalized spacial score (nSPS) is 18.9. The van der Waals surface area contributed by atoms with E-state index in [1.165, 1.54) is 12.8 Å². The number of rotatable bonds is 5. The summed E-state index contributed by atoms with van der Waals surface area (Å²) in [6.45, 7) is 5.54. The third-order valence-corrected chi connectivity index (χ3v) is 4.98. The van der Waals surface area contributed by atoms with Gasteiger partial charge in [0, 0.05) is 28.8 Å². The zero-order chi connectivity index (χ0) is 15.5. The molecule has 0 saturated carbocycles. The monoisotopic (exact) mass is 363 g/mol. The second-order valence-electron chi connectivity index (χ2n) is 5.88. The van der Waals surface area contributed by atoms with Crippen LogP contribution in [0.3, 0.4) is 0 Å². The van der Waals surface area contributed by atoms with Gasteiger partial charge in [-0.05, 0) is 49.5 Å². The average Bonchev–Trinajstić information content (AvgIpc) is 3.12. The fourth-order valence-corrected chi connectivity index (χ4v) is 3.63. The van der Waals surface area contributed by atoms with Gasteiger partial charge in [0.2, 0.25) is 5.91 Å². The highest BCUT2D eigenvalue weighted by atomic mass is 79.9. The minimum Gasteiger partial charge on any atom is -0.353 e. The van der Waals surface area contributed by atoms with Crippen molar-refractivity contribution in [3.63, 3.8) is 0 Å². The molecule has 1 saturated heterocycles. The van der Waals surface area contributed by atoms with Gasteiger partial charge in [-0.2, -0.15) is 0 Å². The summed E-state index contributed by atoms with van der Waals surface area (Å²) in [5, 5.41) is 4.25. The molecule has 1 amide bonds. The van der Waals surface area contributed by atoms with Crippen molar-refractivity contribution < 1.29 is 4.79 Å². The summed E-state index contributed by atoms with van der Waals surface area (Å²) in [5.41, 5.74) is 1.08. The Morgan fingerprint density at radius 2 is 2.27 bits per heavy atom. The van der Waals surface area contributed by atoms with E-state index >= 15 is 0 Å². The number of nitrogens with one attached hydrogen (secondary N) is 1. The molecule has 3 rings (SSSR count). The lowest BCUT2D eigenvalue weighted by Crippen LogP contribution is -2.40. The molecule has 4 nitrogen and oxygen atoms in total. The predicted octanol–water partition coefficient (Wildman–Crippen LogP) is 3.00. The molecule has 0 spiro atoms. The Morgan fingerprint density at radius 1 is 1.41 bits per heavy atom. The highest BCUT2D eigenvalue weighted by Crippen LogP contribution is 2.21. The average molecular weight is 364 g/mol. The summed E-state index contributed by atoms with van der Waals surface area (Å²) in [6, 6.07) is 8.69. The number of carbonyl (C=O) groups excluding carboxylic acids is 1. The topological polar surface area (TPSA) is 37.3 Å². The summed E-state index contributed by atoms with van der Waals surface area (Å²) in [6.07, 6.45) is 4.41. The number of hydrogen-bond acceptors (Lipinski definition) is 2. The Bertz CT molecular complexity index is 667. The van der Waals surface area contributed by atoms with Crippen molar-refractivity contribution in [2.75, 3.05) is 19.6 Å². The maximum Gasteiger partial charge on any atom is 0.239 e. The van der Waals surface area contributed by atoms with Crippen molar-refractivity contribution in [1.29, 1.82) is 0 Å². The quantitative estimate of drug-likeness (QED) is 0.886. The Hall–Kier alpha value is -1.33. The summed E-state index contributed by atoms with van der Waals surface area (Å²) in [5.74, 6) is 0.0837. The fourth-order valence-electron chi connectivity index (χ4n) is 3.28. The van der Waals surface area contributed by atoms with Crippen LogP contribution in [0.2, 0.25) is 0 Å². The van der Waals surface area contributed by atoms with Crippen LogP contribution in [0.4, 0.5) is 0 Å². The smallest absolute Gasteiger partial charge is 0.239 e. The maximum absolute atomic E-state index is 12.2. The Kier molecular flexibility index (Phi) is 4.84. The maximum atomic E-state index is 12.2. The van der Waals surface area contributed by atoms with Crippen LogP contribution >= 0.6 is 15.9 Å². The minimum absolute atomic E-state index is 0.0837. The first-order chi connectivity index (χ1) is 10.7. The van der Waals surface area contributed by atoms with E-state index < -0.39 is 0 Å². The van der Waals surface area contributed by atoms with Crippen LogP contribution in [0.1, 0.15) is 19.8 Å². The van der Waals surface area contributed by atoms with E-state index in [1.54, 1.807) is 0 Å². The first kappa shape index (κ1) is 15.6. The standard InChI is InChI=1S/C17H22BrN3O/c1-2-20-8-3-4-15(20)11-19-17(22)12-21-9-7-13-5-6-14(18)10-16(13)21/h5-7,9-10,15H,2-4,8,11-12H2,1H3,(H,19,22). The number of nitrogens with zero attached hydrogens (tertiary/aromatic N) is 2. The Labute approximate surface area is 139 Å². The lowest BCUT2D eigenvalue weighted by molar-refractivity contribution is -0.121. The first-order valence-corrected chi connectivity index (χ1v) is 8.72. The molecule has 2 heterocycles. The zero-order valence-electron chi connectivity index (χ0n) is 12.9. The number of halogens is 1. The second kappa shape index (κ2) is 6.84. The SMILES string of the molecule is CCN1CCCC1CNC(=O)Cn1ccc2ccc(Br)cc21. The van der Waals surface area contributed by atoms with Gasteiger partial charge in [-0.3, -0.25) is 9.69 Å². The van der Waals surface area contributed by atoms with E-state index in [0.717, 1.165) is 35.0 Å². The van der Waals surface area contributed by atoms with Crippen molar-refractivity contribution in [3.05, 3.63) is 34.9 Å². The van der Waals surface area contributed by atoms with Crippen LogP contribution in [0.15, 0.2) is 34.9 Å². The molecule has 0 bridgehead atoms. The zero-order valence-corrected chi connectivity index (χ0v) is 14.5. The van der Waals surface area contributed by atoms with Crippen molar-refractivity contribution >= 4 is 32.7 Å². The third-order valence-electron chi connectivity index (χ3n) is 4.49. The molecule has 1 unspecified atom stereocenters. The number of hydrogen-bond donors (Lipinski definition) is 1. The lowest BCUT2D eigenvalue weighted by Gasteiger charge is -2.22. The summed E-state index contributed by atoms with van der Waals surface area (Å²) in [4.78, 5) is 14.7. The van der Waals surface area contributed by atoms with Gasteiger partial charge in [0.15, 0.2) is 0 Å². The van der Waals surface area contributed by atoms with E-state index in [0.29, 0.717) is 12.6 Å². The van der Waals surface area contributed by atoms with E-state index in [1.807, 2.05) is 22.9 Å². The van der Waals surface area contributed by atoms with Crippen LogP contribution in [-0.4, -0.2) is 41.1 Å². The summed E-state index contributed by atoms with van der Waals surface area (Å²) in [7, 11) is 0. The van der Waals surface area contributed by atoms with Gasteiger partial charge in [-0.15, -0.1) is 0 Å². The number of amides is 1. The lowest BCUT2D eigenvalue weighted by atomic mass is 10.2. The third kappa shape index (κ3) is 3.36. The number of carbonyl (C=O) groups is 1. The number of benzene rings is 1. The van der Waals surface area contributed by atoms with Gasteiger partial charge >= 0.3 is 0 Å². The molecule has 2 aromatic rings. The van der Waals surface area contributed by atoms with Crippen molar-refractivity contribution in [1.82, 2.24) is 14.8 Å². The largest absolute Gasteiger partial charge is 0.353 e. The molecule has 22 heavy (non-hydrogen) atoms. The van der Waals surface area contributed by atoms with Gasteiger partial charge in [0.1, 0.15) is 6.54 Å². The number of likely N-dealkylation sites (N-methyl/N-ethyl adjacent to an activating group) is 1. The van der Waals surface area contributed by atoms with Crippen LogP contribution in [0.25, 0.3) is 10.9 Å². The molecule has 1 aliphatic rings.